The number of benzene rings is 11. The second-order valence-electron chi connectivity index (χ2n) is 21.7. The Hall–Kier alpha value is -8.14. The lowest BCUT2D eigenvalue weighted by Gasteiger charge is -2.61. The molecule has 5 aliphatic carbocycles. The smallest absolute Gasteiger partial charge is 0.0562 e. The predicted molar refractivity (Wildman–Crippen MR) is 302 cm³/mol. The van der Waals surface area contributed by atoms with Crippen LogP contribution in [0.5, 0.6) is 0 Å². The first-order chi connectivity index (χ1) is 35.6. The van der Waals surface area contributed by atoms with Crippen LogP contribution >= 0.6 is 0 Å². The molecular formula is C69H53N3. The molecule has 4 saturated carbocycles. The molecule has 0 saturated heterocycles. The van der Waals surface area contributed by atoms with E-state index in [9.17, 15) is 0 Å². The van der Waals surface area contributed by atoms with Gasteiger partial charge in [0.1, 0.15) is 0 Å². The molecule has 344 valence electrons. The average molecular weight is 924 g/mol. The Bertz CT molecular complexity index is 4120. The fourth-order valence-corrected chi connectivity index (χ4v) is 15.8. The highest BCUT2D eigenvalue weighted by Gasteiger charge is 2.62. The molecular weight excluding hydrogens is 871 g/mol. The molecule has 0 aliphatic heterocycles. The Morgan fingerprint density at radius 1 is 0.389 bits per heavy atom. The number of aromatic nitrogens is 1. The third kappa shape index (κ3) is 5.46. The van der Waals surface area contributed by atoms with E-state index in [1.54, 1.807) is 11.1 Å². The maximum absolute atomic E-state index is 2.65. The first-order valence-corrected chi connectivity index (χ1v) is 26.4. The first kappa shape index (κ1) is 40.6. The summed E-state index contributed by atoms with van der Waals surface area (Å²) in [6.07, 6.45) is 6.94. The van der Waals surface area contributed by atoms with Crippen LogP contribution in [-0.2, 0) is 5.41 Å². The molecule has 0 atom stereocenters. The van der Waals surface area contributed by atoms with Gasteiger partial charge >= 0.3 is 0 Å². The highest BCUT2D eigenvalue weighted by molar-refractivity contribution is 6.29. The maximum atomic E-state index is 2.65. The van der Waals surface area contributed by atoms with Crippen LogP contribution in [0.25, 0.3) is 70.9 Å². The van der Waals surface area contributed by atoms with Crippen molar-refractivity contribution in [1.29, 1.82) is 0 Å². The number of fused-ring (bicyclic) bond motifs is 6. The van der Waals surface area contributed by atoms with Crippen molar-refractivity contribution in [3.05, 3.63) is 235 Å². The summed E-state index contributed by atoms with van der Waals surface area (Å²) in [5.74, 6) is 3.20. The van der Waals surface area contributed by atoms with Crippen molar-refractivity contribution in [3.8, 4) is 16.8 Å². The normalized spacial score (nSPS) is 20.6. The van der Waals surface area contributed by atoms with E-state index in [1.807, 2.05) is 0 Å². The minimum absolute atomic E-state index is 0.0806. The molecule has 17 rings (SSSR count). The van der Waals surface area contributed by atoms with Gasteiger partial charge in [-0.05, 0) is 173 Å². The zero-order valence-electron chi connectivity index (χ0n) is 40.5. The molecule has 3 nitrogen and oxygen atoms in total. The van der Waals surface area contributed by atoms with E-state index in [1.165, 1.54) is 120 Å². The van der Waals surface area contributed by atoms with Crippen molar-refractivity contribution in [1.82, 2.24) is 4.57 Å². The van der Waals surface area contributed by atoms with Crippen molar-refractivity contribution < 1.29 is 0 Å². The molecule has 1 heterocycles. The van der Waals surface area contributed by atoms with E-state index >= 15 is 0 Å². The molecule has 3 heteroatoms. The van der Waals surface area contributed by atoms with Crippen molar-refractivity contribution in [2.45, 2.75) is 44.4 Å². The quantitative estimate of drug-likeness (QED) is 0.148. The fraction of sp³-hybridized carbons (Fsp3) is 0.159. The summed E-state index contributed by atoms with van der Waals surface area (Å²) in [6.45, 7) is 2.29. The fourth-order valence-electron chi connectivity index (χ4n) is 15.8. The van der Waals surface area contributed by atoms with E-state index in [4.69, 9.17) is 0 Å². The van der Waals surface area contributed by atoms with Crippen LogP contribution in [0.1, 0.15) is 48.8 Å². The molecule has 4 bridgehead atoms. The topological polar surface area (TPSA) is 11.4 Å². The van der Waals surface area contributed by atoms with Crippen molar-refractivity contribution >= 4 is 88.2 Å². The maximum Gasteiger partial charge on any atom is 0.0562 e. The van der Waals surface area contributed by atoms with Crippen LogP contribution in [0, 0.1) is 30.6 Å². The predicted octanol–water partition coefficient (Wildman–Crippen LogP) is 18.7. The summed E-state index contributed by atoms with van der Waals surface area (Å²) >= 11 is 0. The number of rotatable bonds is 7. The number of para-hydroxylation sites is 4. The highest BCUT2D eigenvalue weighted by atomic mass is 15.2. The van der Waals surface area contributed by atoms with E-state index in [-0.39, 0.29) is 5.41 Å². The van der Waals surface area contributed by atoms with E-state index in [2.05, 4.69) is 240 Å². The second-order valence-corrected chi connectivity index (χ2v) is 21.7. The molecule has 5 aliphatic rings. The molecule has 1 spiro atoms. The van der Waals surface area contributed by atoms with Crippen LogP contribution in [-0.4, -0.2) is 4.57 Å². The lowest BCUT2D eigenvalue weighted by molar-refractivity contribution is -0.0399. The Morgan fingerprint density at radius 2 is 0.944 bits per heavy atom. The van der Waals surface area contributed by atoms with Crippen LogP contribution in [0.15, 0.2) is 218 Å². The van der Waals surface area contributed by atoms with Gasteiger partial charge < -0.3 is 14.4 Å². The Balaban J connectivity index is 0.942. The molecule has 0 amide bonds. The van der Waals surface area contributed by atoms with Crippen LogP contribution in [0.3, 0.4) is 0 Å². The number of anilines is 6. The summed E-state index contributed by atoms with van der Waals surface area (Å²) in [5.41, 5.74) is 18.1. The lowest BCUT2D eigenvalue weighted by Crippen LogP contribution is -2.55. The van der Waals surface area contributed by atoms with Gasteiger partial charge in [0.05, 0.1) is 33.8 Å². The Labute approximate surface area is 420 Å². The van der Waals surface area contributed by atoms with Gasteiger partial charge in [0.25, 0.3) is 0 Å². The summed E-state index contributed by atoms with van der Waals surface area (Å²) in [6, 6.07) is 82.6. The van der Waals surface area contributed by atoms with Gasteiger partial charge in [-0.2, -0.15) is 0 Å². The van der Waals surface area contributed by atoms with Crippen molar-refractivity contribution in [2.75, 3.05) is 9.80 Å². The zero-order valence-corrected chi connectivity index (χ0v) is 40.5. The molecule has 0 unspecified atom stereocenters. The molecule has 4 fully saturated rings. The van der Waals surface area contributed by atoms with Gasteiger partial charge in [0.2, 0.25) is 0 Å². The summed E-state index contributed by atoms with van der Waals surface area (Å²) in [4.78, 5) is 5.16. The molecule has 1 aromatic heterocycles. The summed E-state index contributed by atoms with van der Waals surface area (Å²) in [5, 5.41) is 10.1. The molecule has 72 heavy (non-hydrogen) atoms. The van der Waals surface area contributed by atoms with Crippen LogP contribution in [0.4, 0.5) is 34.1 Å². The second kappa shape index (κ2) is 15.2. The van der Waals surface area contributed by atoms with Gasteiger partial charge in [-0.3, -0.25) is 0 Å². The number of hydrogen-bond donors (Lipinski definition) is 0. The van der Waals surface area contributed by atoms with Crippen molar-refractivity contribution in [2.24, 2.45) is 23.7 Å². The molecule has 0 N–H and O–H groups in total. The number of aryl methyl sites for hydroxylation is 1. The van der Waals surface area contributed by atoms with E-state index < -0.39 is 0 Å². The third-order valence-electron chi connectivity index (χ3n) is 18.2. The van der Waals surface area contributed by atoms with Crippen LogP contribution in [0.2, 0.25) is 0 Å². The minimum atomic E-state index is 0.0806. The largest absolute Gasteiger partial charge is 0.309 e. The monoisotopic (exact) mass is 923 g/mol. The summed E-state index contributed by atoms with van der Waals surface area (Å²) in [7, 11) is 0. The summed E-state index contributed by atoms with van der Waals surface area (Å²) < 4.78 is 2.42. The standard InChI is InChI=1S/C69H53N3/c1-43-16-8-12-25-58(43)72(62-27-14-24-57-67(62)52-21-9-11-23-56(52)69(57)48-39-44-38-45(41-48)42-49(69)40-44)61-37-33-47-30-34-54-60(36-32-46-31-35-55(61)66(47)65(46)54)71(51-19-6-3-7-20-51)64-29-15-28-63-68(64)53-22-10-13-26-59(53)70(63)50-17-4-2-5-18-50/h2-37,44-45,48-49H,38-42H2,1H3. The van der Waals surface area contributed by atoms with Gasteiger partial charge in [0.15, 0.2) is 0 Å². The van der Waals surface area contributed by atoms with Crippen LogP contribution < -0.4 is 9.80 Å². The minimum Gasteiger partial charge on any atom is -0.309 e. The third-order valence-corrected chi connectivity index (χ3v) is 18.2. The first-order valence-electron chi connectivity index (χ1n) is 26.4. The molecule has 12 aromatic rings. The van der Waals surface area contributed by atoms with Crippen molar-refractivity contribution in [3.63, 3.8) is 0 Å². The van der Waals surface area contributed by atoms with Gasteiger partial charge in [0, 0.05) is 49.6 Å². The average Bonchev–Trinajstić information content (AvgIpc) is 3.93. The van der Waals surface area contributed by atoms with Gasteiger partial charge in [-0.15, -0.1) is 0 Å². The molecule has 11 aromatic carbocycles. The van der Waals surface area contributed by atoms with Gasteiger partial charge in [-0.25, -0.2) is 0 Å². The highest BCUT2D eigenvalue weighted by Crippen LogP contribution is 2.70. The Morgan fingerprint density at radius 3 is 1.68 bits per heavy atom. The lowest BCUT2D eigenvalue weighted by atomic mass is 9.43. The number of nitrogens with zero attached hydrogens (tertiary/aromatic N) is 3. The van der Waals surface area contributed by atoms with Gasteiger partial charge in [-0.1, -0.05) is 152 Å². The van der Waals surface area contributed by atoms with E-state index in [0.29, 0.717) is 11.8 Å². The molecule has 0 radical (unpaired) electrons. The SMILES string of the molecule is Cc1ccccc1N(c1cccc2c1-c1ccccc1C21C2CC3CC(C2)CC1C3)c1ccc2ccc3c(N(c4ccccc4)c4cccc5c4c4ccccc4n5-c4ccccc4)ccc4ccc1c2c43. The van der Waals surface area contributed by atoms with E-state index in [0.717, 1.165) is 34.6 Å². The Kier molecular flexibility index (Phi) is 8.56. The zero-order chi connectivity index (χ0) is 47.2. The number of hydrogen-bond acceptors (Lipinski definition) is 2.